The third kappa shape index (κ3) is 3.08. The molecule has 23 heavy (non-hydrogen) atoms. The van der Waals surface area contributed by atoms with Gasteiger partial charge in [0, 0.05) is 11.8 Å². The van der Waals surface area contributed by atoms with Crippen LogP contribution in [0.15, 0.2) is 42.6 Å². The molecule has 1 unspecified atom stereocenters. The lowest BCUT2D eigenvalue weighted by Gasteiger charge is -2.11. The number of aliphatic hydroxyl groups is 1. The minimum atomic E-state index is -0.603. The Morgan fingerprint density at radius 1 is 1.09 bits per heavy atom. The molecule has 4 nitrogen and oxygen atoms in total. The lowest BCUT2D eigenvalue weighted by Crippen LogP contribution is -2.05. The molecule has 2 aromatic heterocycles. The van der Waals surface area contributed by atoms with E-state index in [1.54, 1.807) is 6.92 Å². The van der Waals surface area contributed by atoms with Crippen LogP contribution in [0.25, 0.3) is 16.9 Å². The second-order valence-corrected chi connectivity index (χ2v) is 6.14. The zero-order valence-electron chi connectivity index (χ0n) is 13.9. The van der Waals surface area contributed by atoms with Crippen molar-refractivity contribution in [2.45, 2.75) is 39.9 Å². The predicted octanol–water partition coefficient (Wildman–Crippen LogP) is 4.15. The summed E-state index contributed by atoms with van der Waals surface area (Å²) in [6.07, 6.45) is 1.50. The average molecular weight is 310 g/mol. The fourth-order valence-corrected chi connectivity index (χ4v) is 2.74. The first kappa shape index (κ1) is 15.6. The number of aliphatic hydroxyl groups excluding tert-OH is 1. The second-order valence-electron chi connectivity index (χ2n) is 6.14. The summed E-state index contributed by atoms with van der Waals surface area (Å²) in [7, 11) is 0. The topological polar surface area (TPSA) is 46.8 Å². The van der Waals surface area contributed by atoms with Crippen LogP contribution in [0.1, 0.15) is 38.1 Å². The first-order chi connectivity index (χ1) is 11.0. The van der Waals surface area contributed by atoms with Gasteiger partial charge in [0.15, 0.2) is 0 Å². The Morgan fingerprint density at radius 2 is 1.78 bits per heavy atom. The van der Waals surface area contributed by atoms with Crippen molar-refractivity contribution in [3.63, 3.8) is 0 Å². The third-order valence-electron chi connectivity index (χ3n) is 3.71. The smallest absolute Gasteiger partial charge is 0.138 e. The second kappa shape index (κ2) is 6.05. The van der Waals surface area contributed by atoms with Gasteiger partial charge in [-0.2, -0.15) is 0 Å². The Hall–Kier alpha value is -2.33. The van der Waals surface area contributed by atoms with Gasteiger partial charge in [0.25, 0.3) is 0 Å². The predicted molar refractivity (Wildman–Crippen MR) is 91.8 cm³/mol. The molecule has 0 aliphatic rings. The molecule has 2 heterocycles. The highest BCUT2D eigenvalue weighted by Crippen LogP contribution is 2.30. The van der Waals surface area contributed by atoms with E-state index < -0.39 is 6.10 Å². The Kier molecular flexibility index (Phi) is 4.09. The Labute approximate surface area is 136 Å². The molecular formula is C19H22N2O2. The summed E-state index contributed by atoms with van der Waals surface area (Å²) >= 11 is 0. The Bertz CT molecular complexity index is 817. The first-order valence-corrected chi connectivity index (χ1v) is 7.89. The van der Waals surface area contributed by atoms with Gasteiger partial charge in [0.1, 0.15) is 11.4 Å². The molecule has 0 bridgehead atoms. The number of imidazole rings is 1. The van der Waals surface area contributed by atoms with Crippen LogP contribution in [0.4, 0.5) is 0 Å². The number of aromatic nitrogens is 2. The van der Waals surface area contributed by atoms with Crippen LogP contribution in [0.5, 0.6) is 5.75 Å². The maximum Gasteiger partial charge on any atom is 0.138 e. The van der Waals surface area contributed by atoms with E-state index in [0.717, 1.165) is 33.9 Å². The highest BCUT2D eigenvalue weighted by Gasteiger charge is 2.18. The number of fused-ring (bicyclic) bond motifs is 1. The van der Waals surface area contributed by atoms with Gasteiger partial charge in [-0.15, -0.1) is 0 Å². The minimum Gasteiger partial charge on any atom is -0.491 e. The van der Waals surface area contributed by atoms with E-state index in [2.05, 4.69) is 0 Å². The summed E-state index contributed by atoms with van der Waals surface area (Å²) in [4.78, 5) is 4.72. The van der Waals surface area contributed by atoms with Crippen LogP contribution in [-0.4, -0.2) is 20.6 Å². The SMILES string of the molecule is Cc1ccn2c(C(C)O)c(-c3ccc(OC(C)C)cc3)nc2c1. The van der Waals surface area contributed by atoms with Gasteiger partial charge in [-0.3, -0.25) is 0 Å². The van der Waals surface area contributed by atoms with Gasteiger partial charge < -0.3 is 14.2 Å². The number of nitrogens with zero attached hydrogens (tertiary/aromatic N) is 2. The van der Waals surface area contributed by atoms with Crippen LogP contribution in [0, 0.1) is 6.92 Å². The number of aryl methyl sites for hydroxylation is 1. The largest absolute Gasteiger partial charge is 0.491 e. The minimum absolute atomic E-state index is 0.145. The highest BCUT2D eigenvalue weighted by molar-refractivity contribution is 5.68. The van der Waals surface area contributed by atoms with Gasteiger partial charge in [-0.1, -0.05) is 0 Å². The van der Waals surface area contributed by atoms with Crippen molar-refractivity contribution in [3.05, 3.63) is 53.9 Å². The number of ether oxygens (including phenoxy) is 1. The fraction of sp³-hybridized carbons (Fsp3) is 0.316. The van der Waals surface area contributed by atoms with Crippen molar-refractivity contribution < 1.29 is 9.84 Å². The van der Waals surface area contributed by atoms with E-state index >= 15 is 0 Å². The molecule has 1 aromatic carbocycles. The quantitative estimate of drug-likeness (QED) is 0.787. The van der Waals surface area contributed by atoms with E-state index in [4.69, 9.17) is 9.72 Å². The summed E-state index contributed by atoms with van der Waals surface area (Å²) in [5.74, 6) is 0.835. The summed E-state index contributed by atoms with van der Waals surface area (Å²) in [5.41, 5.74) is 4.57. The monoisotopic (exact) mass is 310 g/mol. The van der Waals surface area contributed by atoms with E-state index in [9.17, 15) is 5.11 Å². The molecule has 0 aliphatic heterocycles. The van der Waals surface area contributed by atoms with Gasteiger partial charge >= 0.3 is 0 Å². The zero-order chi connectivity index (χ0) is 16.6. The highest BCUT2D eigenvalue weighted by atomic mass is 16.5. The van der Waals surface area contributed by atoms with E-state index in [0.29, 0.717) is 0 Å². The molecule has 0 fully saturated rings. The van der Waals surface area contributed by atoms with Crippen LogP contribution in [-0.2, 0) is 0 Å². The number of hydrogen-bond donors (Lipinski definition) is 1. The molecule has 3 rings (SSSR count). The fourth-order valence-electron chi connectivity index (χ4n) is 2.74. The van der Waals surface area contributed by atoms with Gasteiger partial charge in [-0.05, 0) is 69.7 Å². The lowest BCUT2D eigenvalue weighted by atomic mass is 10.1. The van der Waals surface area contributed by atoms with Crippen LogP contribution in [0.2, 0.25) is 0 Å². The summed E-state index contributed by atoms with van der Waals surface area (Å²) < 4.78 is 7.63. The molecule has 1 atom stereocenters. The normalized spacial score (nSPS) is 12.8. The van der Waals surface area contributed by atoms with E-state index in [-0.39, 0.29) is 6.10 Å². The van der Waals surface area contributed by atoms with Crippen molar-refractivity contribution in [2.75, 3.05) is 0 Å². The number of pyridine rings is 1. The summed E-state index contributed by atoms with van der Waals surface area (Å²) in [5, 5.41) is 10.2. The number of hydrogen-bond acceptors (Lipinski definition) is 3. The lowest BCUT2D eigenvalue weighted by molar-refractivity contribution is 0.194. The molecule has 0 saturated heterocycles. The van der Waals surface area contributed by atoms with Gasteiger partial charge in [0.05, 0.1) is 23.6 Å². The van der Waals surface area contributed by atoms with Gasteiger partial charge in [0.2, 0.25) is 0 Å². The Balaban J connectivity index is 2.09. The molecule has 1 N–H and O–H groups in total. The van der Waals surface area contributed by atoms with Crippen LogP contribution < -0.4 is 4.74 Å². The first-order valence-electron chi connectivity index (χ1n) is 7.89. The van der Waals surface area contributed by atoms with Crippen LogP contribution >= 0.6 is 0 Å². The maximum absolute atomic E-state index is 10.2. The maximum atomic E-state index is 10.2. The van der Waals surface area contributed by atoms with E-state index in [1.165, 1.54) is 0 Å². The Morgan fingerprint density at radius 3 is 2.39 bits per heavy atom. The molecule has 0 amide bonds. The molecule has 0 aliphatic carbocycles. The van der Waals surface area contributed by atoms with E-state index in [1.807, 2.05) is 67.8 Å². The molecule has 3 aromatic rings. The molecule has 0 saturated carbocycles. The molecule has 0 radical (unpaired) electrons. The molecule has 0 spiro atoms. The van der Waals surface area contributed by atoms with Crippen molar-refractivity contribution >= 4 is 5.65 Å². The zero-order valence-corrected chi connectivity index (χ0v) is 13.9. The number of rotatable bonds is 4. The molecule has 120 valence electrons. The molecular weight excluding hydrogens is 288 g/mol. The van der Waals surface area contributed by atoms with Crippen LogP contribution in [0.3, 0.4) is 0 Å². The van der Waals surface area contributed by atoms with Gasteiger partial charge in [-0.25, -0.2) is 4.98 Å². The van der Waals surface area contributed by atoms with Crippen molar-refractivity contribution in [1.82, 2.24) is 9.38 Å². The number of benzene rings is 1. The third-order valence-corrected chi connectivity index (χ3v) is 3.71. The summed E-state index contributed by atoms with van der Waals surface area (Å²) in [6.45, 7) is 7.81. The standard InChI is InChI=1S/C19H22N2O2/c1-12(2)23-16-7-5-15(6-8-16)18-19(14(4)22)21-10-9-13(3)11-17(21)20-18/h5-12,14,22H,1-4H3. The van der Waals surface area contributed by atoms with Crippen molar-refractivity contribution in [1.29, 1.82) is 0 Å². The molecule has 4 heteroatoms. The summed E-state index contributed by atoms with van der Waals surface area (Å²) in [6, 6.07) is 11.9. The van der Waals surface area contributed by atoms with Crippen molar-refractivity contribution in [3.8, 4) is 17.0 Å². The average Bonchev–Trinajstić information content (AvgIpc) is 2.85. The van der Waals surface area contributed by atoms with Crippen molar-refractivity contribution in [2.24, 2.45) is 0 Å².